The first-order valence-electron chi connectivity index (χ1n) is 10.5. The van der Waals surface area contributed by atoms with Crippen LogP contribution in [0.1, 0.15) is 22.3 Å². The number of pyridine rings is 1. The molecule has 0 aliphatic rings. The third kappa shape index (κ3) is 6.36. The summed E-state index contributed by atoms with van der Waals surface area (Å²) in [5, 5.41) is 18.1. The third-order valence-electron chi connectivity index (χ3n) is 5.10. The molecule has 1 heterocycles. The fraction of sp³-hybridized carbons (Fsp3) is 0.261. The molecule has 10 nitrogen and oxygen atoms in total. The summed E-state index contributed by atoms with van der Waals surface area (Å²) in [6.45, 7) is 0.865. The van der Waals surface area contributed by atoms with Gasteiger partial charge in [-0.15, -0.1) is 0 Å². The van der Waals surface area contributed by atoms with Gasteiger partial charge in [0.2, 0.25) is 0 Å². The van der Waals surface area contributed by atoms with E-state index in [0.717, 1.165) is 0 Å². The minimum atomic E-state index is -1.20. The number of carbonyl (C=O) groups excluding carboxylic acids is 1. The minimum absolute atomic E-state index is 0.00116. The quantitative estimate of drug-likeness (QED) is 0.209. The number of ether oxygens (including phenoxy) is 1. The minimum Gasteiger partial charge on any atom is -0.480 e. The topological polar surface area (TPSA) is 147 Å². The third-order valence-corrected chi connectivity index (χ3v) is 5.68. The van der Waals surface area contributed by atoms with Crippen LogP contribution in [0.2, 0.25) is 10.0 Å². The molecule has 35 heavy (non-hydrogen) atoms. The second kappa shape index (κ2) is 11.8. The molecule has 0 spiro atoms. The van der Waals surface area contributed by atoms with Crippen molar-refractivity contribution in [2.45, 2.75) is 18.9 Å². The number of benzene rings is 1. The fourth-order valence-corrected chi connectivity index (χ4v) is 3.71. The smallest absolute Gasteiger partial charge is 0.326 e. The number of hydrogen-bond acceptors (Lipinski definition) is 8. The number of methoxy groups -OCH3 is 1. The Morgan fingerprint density at radius 2 is 1.66 bits per heavy atom. The van der Waals surface area contributed by atoms with E-state index < -0.39 is 28.8 Å². The van der Waals surface area contributed by atoms with Gasteiger partial charge in [-0.3, -0.25) is 19.4 Å². The average Bonchev–Trinajstić information content (AvgIpc) is 2.84. The monoisotopic (exact) mass is 520 g/mol. The zero-order valence-corrected chi connectivity index (χ0v) is 20.1. The number of aliphatic carboxylic acids is 1. The van der Waals surface area contributed by atoms with Gasteiger partial charge in [-0.1, -0.05) is 35.3 Å². The van der Waals surface area contributed by atoms with E-state index in [1.807, 2.05) is 0 Å². The van der Waals surface area contributed by atoms with Crippen LogP contribution in [0.15, 0.2) is 46.2 Å². The van der Waals surface area contributed by atoms with Crippen molar-refractivity contribution in [2.24, 2.45) is 0 Å². The van der Waals surface area contributed by atoms with Crippen LogP contribution in [-0.4, -0.2) is 48.3 Å². The summed E-state index contributed by atoms with van der Waals surface area (Å²) in [4.78, 5) is 52.0. The average molecular weight is 521 g/mol. The molecular weight excluding hydrogens is 499 g/mol. The first-order chi connectivity index (χ1) is 16.7. The van der Waals surface area contributed by atoms with Gasteiger partial charge < -0.3 is 25.8 Å². The van der Waals surface area contributed by atoms with Crippen molar-refractivity contribution in [1.82, 2.24) is 4.98 Å². The van der Waals surface area contributed by atoms with Gasteiger partial charge >= 0.3 is 5.97 Å². The van der Waals surface area contributed by atoms with Gasteiger partial charge in [0.05, 0.1) is 15.7 Å². The van der Waals surface area contributed by atoms with Crippen molar-refractivity contribution in [1.29, 1.82) is 0 Å². The Bertz CT molecular complexity index is 1270. The molecule has 0 fully saturated rings. The number of nitrogens with one attached hydrogen (secondary N) is 3. The summed E-state index contributed by atoms with van der Waals surface area (Å²) < 4.78 is 4.94. The first kappa shape index (κ1) is 26.1. The predicted molar refractivity (Wildman–Crippen MR) is 134 cm³/mol. The maximum Gasteiger partial charge on any atom is 0.326 e. The standard InChI is InChI=1S/C23H22Cl2N4O6/c1-35-8-2-7-27-18-19(21(31)20(18)30)28-16(23(33)34)9-12-3-5-13(6-4-12)22(32)29-17-14(24)10-26-11-15(17)25/h3-6,10-11,16,27-28H,2,7-9H2,1H3,(H,33,34)(H,26,29,32)/t16-/m0/s1. The summed E-state index contributed by atoms with van der Waals surface area (Å²) in [5.74, 6) is -1.67. The van der Waals surface area contributed by atoms with Gasteiger partial charge in [-0.2, -0.15) is 0 Å². The molecule has 0 bridgehead atoms. The predicted octanol–water partition coefficient (Wildman–Crippen LogP) is 2.79. The fourth-order valence-electron chi connectivity index (χ4n) is 3.25. The first-order valence-corrected chi connectivity index (χ1v) is 11.2. The Morgan fingerprint density at radius 3 is 2.26 bits per heavy atom. The maximum atomic E-state index is 12.5. The molecule has 0 aliphatic heterocycles. The Labute approximate surface area is 209 Å². The molecule has 4 N–H and O–H groups in total. The highest BCUT2D eigenvalue weighted by Gasteiger charge is 2.26. The summed E-state index contributed by atoms with van der Waals surface area (Å²) in [6.07, 6.45) is 3.31. The van der Waals surface area contributed by atoms with E-state index in [4.69, 9.17) is 27.9 Å². The van der Waals surface area contributed by atoms with E-state index in [2.05, 4.69) is 20.9 Å². The molecule has 2 aromatic carbocycles. The maximum absolute atomic E-state index is 12.5. The number of carboxylic acids is 1. The highest BCUT2D eigenvalue weighted by molar-refractivity contribution is 6.39. The van der Waals surface area contributed by atoms with E-state index in [1.165, 1.54) is 24.5 Å². The molecule has 0 radical (unpaired) electrons. The number of amides is 1. The largest absolute Gasteiger partial charge is 0.480 e. The second-order valence-electron chi connectivity index (χ2n) is 7.55. The number of nitrogens with zero attached hydrogens (tertiary/aromatic N) is 1. The van der Waals surface area contributed by atoms with Crippen molar-refractivity contribution in [2.75, 3.05) is 36.2 Å². The van der Waals surface area contributed by atoms with Crippen molar-refractivity contribution in [3.05, 3.63) is 78.3 Å². The van der Waals surface area contributed by atoms with Crippen molar-refractivity contribution < 1.29 is 19.4 Å². The van der Waals surface area contributed by atoms with Crippen LogP contribution in [0.25, 0.3) is 0 Å². The Kier molecular flexibility index (Phi) is 8.80. The molecule has 0 saturated carbocycles. The van der Waals surface area contributed by atoms with Gasteiger partial charge in [-0.25, -0.2) is 4.79 Å². The van der Waals surface area contributed by atoms with E-state index in [-0.39, 0.29) is 33.5 Å². The zero-order chi connectivity index (χ0) is 25.5. The molecule has 1 aromatic heterocycles. The van der Waals surface area contributed by atoms with E-state index in [1.54, 1.807) is 19.2 Å². The van der Waals surface area contributed by atoms with Crippen LogP contribution in [0, 0.1) is 0 Å². The van der Waals surface area contributed by atoms with Gasteiger partial charge in [0.15, 0.2) is 0 Å². The highest BCUT2D eigenvalue weighted by Crippen LogP contribution is 2.29. The SMILES string of the molecule is COCCCNc1c(N[C@@H](Cc2ccc(C(=O)Nc3c(Cl)cncc3Cl)cc2)C(=O)O)c(=O)c1=O. The van der Waals surface area contributed by atoms with Crippen molar-refractivity contribution >= 4 is 52.1 Å². The van der Waals surface area contributed by atoms with Crippen LogP contribution in [0.3, 0.4) is 0 Å². The summed E-state index contributed by atoms with van der Waals surface area (Å²) in [5.41, 5.74) is -0.339. The summed E-state index contributed by atoms with van der Waals surface area (Å²) in [7, 11) is 1.55. The lowest BCUT2D eigenvalue weighted by atomic mass is 10.0. The number of anilines is 3. The number of aromatic nitrogens is 1. The number of rotatable bonds is 12. The number of hydrogen-bond donors (Lipinski definition) is 4. The highest BCUT2D eigenvalue weighted by atomic mass is 35.5. The lowest BCUT2D eigenvalue weighted by molar-refractivity contribution is -0.137. The van der Waals surface area contributed by atoms with Crippen LogP contribution in [-0.2, 0) is 16.0 Å². The lowest BCUT2D eigenvalue weighted by Gasteiger charge is -2.20. The van der Waals surface area contributed by atoms with Crippen LogP contribution in [0.4, 0.5) is 17.1 Å². The van der Waals surface area contributed by atoms with E-state index in [9.17, 15) is 24.3 Å². The molecule has 0 saturated heterocycles. The molecule has 3 aromatic rings. The Hall–Kier alpha value is -3.47. The number of carbonyl (C=O) groups is 2. The Balaban J connectivity index is 1.67. The number of carboxylic acid groups (broad SMARTS) is 1. The lowest BCUT2D eigenvalue weighted by Crippen LogP contribution is -2.42. The molecule has 1 atom stereocenters. The number of halogens is 2. The van der Waals surface area contributed by atoms with E-state index in [0.29, 0.717) is 30.7 Å². The van der Waals surface area contributed by atoms with Crippen molar-refractivity contribution in [3.63, 3.8) is 0 Å². The summed E-state index contributed by atoms with van der Waals surface area (Å²) in [6, 6.07) is 5.05. The van der Waals surface area contributed by atoms with Crippen LogP contribution < -0.4 is 26.8 Å². The molecule has 1 amide bonds. The van der Waals surface area contributed by atoms with Gasteiger partial charge in [0.1, 0.15) is 17.4 Å². The van der Waals surface area contributed by atoms with Gasteiger partial charge in [0.25, 0.3) is 16.8 Å². The Morgan fingerprint density at radius 1 is 1.03 bits per heavy atom. The van der Waals surface area contributed by atoms with Gasteiger partial charge in [-0.05, 0) is 24.1 Å². The molecule has 12 heteroatoms. The van der Waals surface area contributed by atoms with Crippen LogP contribution in [0.5, 0.6) is 0 Å². The van der Waals surface area contributed by atoms with Crippen LogP contribution >= 0.6 is 23.2 Å². The normalized spacial score (nSPS) is 11.7. The molecule has 0 aliphatic carbocycles. The molecule has 0 unspecified atom stereocenters. The zero-order valence-electron chi connectivity index (χ0n) is 18.6. The second-order valence-corrected chi connectivity index (χ2v) is 8.36. The molecular formula is C23H22Cl2N4O6. The molecule has 3 rings (SSSR count). The summed E-state index contributed by atoms with van der Waals surface area (Å²) >= 11 is 12.0. The molecule has 184 valence electrons. The van der Waals surface area contributed by atoms with Gasteiger partial charge in [0, 0.05) is 44.6 Å². The van der Waals surface area contributed by atoms with Crippen molar-refractivity contribution in [3.8, 4) is 0 Å². The van der Waals surface area contributed by atoms with E-state index >= 15 is 0 Å².